The Labute approximate surface area is 206 Å². The summed E-state index contributed by atoms with van der Waals surface area (Å²) in [5, 5.41) is 14.0. The lowest BCUT2D eigenvalue weighted by atomic mass is 9.96. The van der Waals surface area contributed by atoms with Crippen LogP contribution in [0.1, 0.15) is 32.1 Å². The Hall–Kier alpha value is -3.40. The molecule has 3 aromatic rings. The van der Waals surface area contributed by atoms with Gasteiger partial charge in [-0.05, 0) is 49.8 Å². The number of fused-ring (bicyclic) bond motifs is 2. The Bertz CT molecular complexity index is 1290. The normalized spacial score (nSPS) is 25.1. The number of nitrogens with zero attached hydrogens (tertiary/aromatic N) is 4. The van der Waals surface area contributed by atoms with E-state index in [1.165, 1.54) is 25.4 Å². The van der Waals surface area contributed by atoms with Crippen molar-refractivity contribution < 1.29 is 23.0 Å². The summed E-state index contributed by atoms with van der Waals surface area (Å²) < 4.78 is 49.1. The Kier molecular flexibility index (Phi) is 5.70. The van der Waals surface area contributed by atoms with E-state index in [1.54, 1.807) is 6.20 Å². The molecule has 7 nitrogen and oxygen atoms in total. The van der Waals surface area contributed by atoms with E-state index < -0.39 is 17.9 Å². The molecule has 1 saturated carbocycles. The second-order valence-electron chi connectivity index (χ2n) is 9.76. The van der Waals surface area contributed by atoms with Gasteiger partial charge in [-0.15, -0.1) is 0 Å². The van der Waals surface area contributed by atoms with Gasteiger partial charge in [0.2, 0.25) is 11.8 Å². The van der Waals surface area contributed by atoms with Crippen molar-refractivity contribution in [1.29, 1.82) is 0 Å². The molecule has 3 fully saturated rings. The SMILES string of the molecule is COc1cc(-c2cc(O)c(-c3cnc(N(C4CC4)C4CC5CCC(N5)C4F)cn3)cc2F)cc(F)n1. The van der Waals surface area contributed by atoms with Gasteiger partial charge in [0.05, 0.1) is 31.2 Å². The van der Waals surface area contributed by atoms with Crippen LogP contribution in [0.15, 0.2) is 36.7 Å². The molecule has 3 aliphatic rings. The zero-order valence-corrected chi connectivity index (χ0v) is 19.7. The van der Waals surface area contributed by atoms with Crippen LogP contribution in [0, 0.1) is 11.8 Å². The molecular weight excluding hydrogens is 471 g/mol. The van der Waals surface area contributed by atoms with Gasteiger partial charge in [0.15, 0.2) is 0 Å². The summed E-state index contributed by atoms with van der Waals surface area (Å²) in [6.07, 6.45) is 6.61. The molecule has 2 N–H and O–H groups in total. The maximum atomic E-state index is 15.3. The lowest BCUT2D eigenvalue weighted by Gasteiger charge is -2.41. The summed E-state index contributed by atoms with van der Waals surface area (Å²) in [6.45, 7) is 0. The number of anilines is 1. The van der Waals surface area contributed by atoms with Gasteiger partial charge in [-0.1, -0.05) is 0 Å². The van der Waals surface area contributed by atoms with Crippen LogP contribution in [0.5, 0.6) is 11.6 Å². The predicted octanol–water partition coefficient (Wildman–Crippen LogP) is 4.40. The van der Waals surface area contributed by atoms with Gasteiger partial charge >= 0.3 is 0 Å². The number of aromatic hydroxyl groups is 1. The van der Waals surface area contributed by atoms with E-state index in [0.717, 1.165) is 44.2 Å². The second kappa shape index (κ2) is 8.92. The molecule has 2 aromatic heterocycles. The van der Waals surface area contributed by atoms with Gasteiger partial charge in [0.25, 0.3) is 0 Å². The van der Waals surface area contributed by atoms with E-state index in [-0.39, 0.29) is 52.1 Å². The van der Waals surface area contributed by atoms with E-state index in [4.69, 9.17) is 4.74 Å². The fourth-order valence-corrected chi connectivity index (χ4v) is 5.54. The van der Waals surface area contributed by atoms with Crippen molar-refractivity contribution in [1.82, 2.24) is 20.3 Å². The zero-order valence-electron chi connectivity index (χ0n) is 19.7. The minimum atomic E-state index is -0.979. The molecule has 2 saturated heterocycles. The highest BCUT2D eigenvalue weighted by Gasteiger charge is 2.48. The average Bonchev–Trinajstić information content (AvgIpc) is 3.63. The highest BCUT2D eigenvalue weighted by molar-refractivity contribution is 5.75. The number of pyridine rings is 1. The average molecular weight is 498 g/mol. The largest absolute Gasteiger partial charge is 0.507 e. The van der Waals surface area contributed by atoms with E-state index in [2.05, 4.69) is 25.2 Å². The number of phenols is 1. The highest BCUT2D eigenvalue weighted by atomic mass is 19.1. The number of aromatic nitrogens is 3. The minimum absolute atomic E-state index is 0.00476. The molecule has 10 heteroatoms. The van der Waals surface area contributed by atoms with Crippen molar-refractivity contribution in [3.8, 4) is 34.0 Å². The lowest BCUT2D eigenvalue weighted by molar-refractivity contribution is 0.171. The van der Waals surface area contributed by atoms with Crippen molar-refractivity contribution in [2.24, 2.45) is 0 Å². The maximum absolute atomic E-state index is 15.3. The first-order chi connectivity index (χ1) is 17.4. The van der Waals surface area contributed by atoms with Gasteiger partial charge in [-0.2, -0.15) is 9.37 Å². The molecule has 188 valence electrons. The van der Waals surface area contributed by atoms with Crippen molar-refractivity contribution in [2.45, 2.75) is 62.4 Å². The quantitative estimate of drug-likeness (QED) is 0.489. The third-order valence-corrected chi connectivity index (χ3v) is 7.41. The molecule has 36 heavy (non-hydrogen) atoms. The second-order valence-corrected chi connectivity index (χ2v) is 9.76. The third kappa shape index (κ3) is 4.13. The number of alkyl halides is 1. The van der Waals surface area contributed by atoms with Crippen molar-refractivity contribution in [3.05, 3.63) is 48.4 Å². The molecule has 0 amide bonds. The molecule has 4 atom stereocenters. The number of rotatable bonds is 6. The summed E-state index contributed by atoms with van der Waals surface area (Å²) in [4.78, 5) is 14.6. The number of hydrogen-bond acceptors (Lipinski definition) is 7. The number of piperidine rings is 1. The summed E-state index contributed by atoms with van der Waals surface area (Å²) in [5.41, 5.74) is 0.600. The van der Waals surface area contributed by atoms with Crippen LogP contribution in [0.3, 0.4) is 0 Å². The van der Waals surface area contributed by atoms with Crippen molar-refractivity contribution >= 4 is 5.82 Å². The fraction of sp³-hybridized carbons (Fsp3) is 0.423. The topological polar surface area (TPSA) is 83.4 Å². The third-order valence-electron chi connectivity index (χ3n) is 7.41. The van der Waals surface area contributed by atoms with Crippen LogP contribution < -0.4 is 15.0 Å². The van der Waals surface area contributed by atoms with Crippen LogP contribution in [0.25, 0.3) is 22.4 Å². The Morgan fingerprint density at radius 3 is 2.58 bits per heavy atom. The fourth-order valence-electron chi connectivity index (χ4n) is 5.54. The van der Waals surface area contributed by atoms with E-state index in [0.29, 0.717) is 11.9 Å². The molecular formula is C26H26F3N5O2. The molecule has 1 aromatic carbocycles. The number of hydrogen-bond donors (Lipinski definition) is 2. The molecule has 1 aliphatic carbocycles. The van der Waals surface area contributed by atoms with Crippen LogP contribution in [0.4, 0.5) is 19.0 Å². The number of phenolic OH excluding ortho intramolecular Hbond substituents is 1. The lowest BCUT2D eigenvalue weighted by Crippen LogP contribution is -2.57. The molecule has 2 bridgehead atoms. The summed E-state index contributed by atoms with van der Waals surface area (Å²) in [6, 6.07) is 5.00. The van der Waals surface area contributed by atoms with Gasteiger partial charge in [-0.25, -0.2) is 13.8 Å². The van der Waals surface area contributed by atoms with Crippen LogP contribution in [0.2, 0.25) is 0 Å². The minimum Gasteiger partial charge on any atom is -0.507 e. The zero-order chi connectivity index (χ0) is 25.0. The van der Waals surface area contributed by atoms with E-state index in [9.17, 15) is 9.50 Å². The summed E-state index contributed by atoms with van der Waals surface area (Å²) in [5.74, 6) is -1.15. The van der Waals surface area contributed by atoms with Crippen molar-refractivity contribution in [2.75, 3.05) is 12.0 Å². The summed E-state index contributed by atoms with van der Waals surface area (Å²) in [7, 11) is 1.33. The first-order valence-corrected chi connectivity index (χ1v) is 12.2. The Balaban J connectivity index is 1.29. The molecule has 2 aliphatic heterocycles. The number of methoxy groups -OCH3 is 1. The van der Waals surface area contributed by atoms with Gasteiger partial charge < -0.3 is 20.1 Å². The van der Waals surface area contributed by atoms with Crippen LogP contribution in [-0.4, -0.2) is 57.5 Å². The Morgan fingerprint density at radius 2 is 1.86 bits per heavy atom. The van der Waals surface area contributed by atoms with Gasteiger partial charge in [-0.3, -0.25) is 4.98 Å². The standard InChI is InChI=1S/C26H26F3N5O2/c1-36-25-7-13(6-23(28)33-25)16-10-22(35)17(9-18(16)27)20-11-31-24(12-30-20)34(15-3-4-15)21-8-14-2-5-19(32-14)26(21)29/h6-7,9-12,14-15,19,21,26,32,35H,2-5,8H2,1H3. The number of nitrogens with one attached hydrogen (secondary N) is 1. The smallest absolute Gasteiger partial charge is 0.216 e. The molecule has 0 spiro atoms. The number of ether oxygens (including phenoxy) is 1. The van der Waals surface area contributed by atoms with Gasteiger partial charge in [0.1, 0.15) is 23.6 Å². The Morgan fingerprint density at radius 1 is 1.03 bits per heavy atom. The molecule has 0 radical (unpaired) electrons. The first-order valence-electron chi connectivity index (χ1n) is 12.2. The van der Waals surface area contributed by atoms with Crippen LogP contribution >= 0.6 is 0 Å². The van der Waals surface area contributed by atoms with E-state index in [1.807, 2.05) is 0 Å². The highest BCUT2D eigenvalue weighted by Crippen LogP contribution is 2.41. The predicted molar refractivity (Wildman–Crippen MR) is 128 cm³/mol. The summed E-state index contributed by atoms with van der Waals surface area (Å²) >= 11 is 0. The molecule has 6 rings (SSSR count). The maximum Gasteiger partial charge on any atom is 0.216 e. The molecule has 4 unspecified atom stereocenters. The van der Waals surface area contributed by atoms with Crippen LogP contribution in [-0.2, 0) is 0 Å². The van der Waals surface area contributed by atoms with Crippen molar-refractivity contribution in [3.63, 3.8) is 0 Å². The monoisotopic (exact) mass is 497 g/mol. The first kappa shape index (κ1) is 23.0. The number of benzene rings is 1. The van der Waals surface area contributed by atoms with E-state index >= 15 is 8.78 Å². The number of halogens is 3. The molecule has 4 heterocycles. The van der Waals surface area contributed by atoms with Gasteiger partial charge in [0, 0.05) is 41.4 Å².